The summed E-state index contributed by atoms with van der Waals surface area (Å²) in [6, 6.07) is 13.9. The lowest BCUT2D eigenvalue weighted by molar-refractivity contribution is -0.149. The van der Waals surface area contributed by atoms with Crippen molar-refractivity contribution in [2.75, 3.05) is 6.61 Å². The van der Waals surface area contributed by atoms with Crippen molar-refractivity contribution >= 4 is 29.7 Å². The number of aliphatic carboxylic acids is 1. The van der Waals surface area contributed by atoms with Gasteiger partial charge < -0.3 is 25.2 Å². The van der Waals surface area contributed by atoms with Crippen LogP contribution in [0.15, 0.2) is 54.6 Å². The highest BCUT2D eigenvalue weighted by Crippen LogP contribution is 2.18. The van der Waals surface area contributed by atoms with Gasteiger partial charge in [0.1, 0.15) is 12.6 Å². The van der Waals surface area contributed by atoms with Gasteiger partial charge in [-0.05, 0) is 23.6 Å². The van der Waals surface area contributed by atoms with Crippen LogP contribution >= 0.6 is 0 Å². The van der Waals surface area contributed by atoms with Crippen LogP contribution in [0.5, 0.6) is 0 Å². The number of amides is 2. The Morgan fingerprint density at radius 2 is 1.74 bits per heavy atom. The maximum absolute atomic E-state index is 12.4. The number of hydrogen-bond donors (Lipinski definition) is 3. The molecule has 0 bridgehead atoms. The molecule has 0 aromatic heterocycles. The van der Waals surface area contributed by atoms with Gasteiger partial charge >= 0.3 is 18.0 Å². The molecule has 0 aliphatic carbocycles. The van der Waals surface area contributed by atoms with Crippen LogP contribution < -0.4 is 10.6 Å². The lowest BCUT2D eigenvalue weighted by Gasteiger charge is -2.25. The minimum absolute atomic E-state index is 0.0636. The molecular formula is C24H24N2O8. The maximum atomic E-state index is 12.4. The summed E-state index contributed by atoms with van der Waals surface area (Å²) >= 11 is 0. The summed E-state index contributed by atoms with van der Waals surface area (Å²) in [5, 5.41) is 14.0. The van der Waals surface area contributed by atoms with Crippen molar-refractivity contribution in [1.82, 2.24) is 10.6 Å². The molecule has 2 unspecified atom stereocenters. The number of carbonyl (C=O) groups is 5. The summed E-state index contributed by atoms with van der Waals surface area (Å²) in [6.07, 6.45) is -1.41. The molecule has 178 valence electrons. The van der Waals surface area contributed by atoms with E-state index in [1.165, 1.54) is 0 Å². The molecule has 1 aliphatic rings. The third-order valence-electron chi connectivity index (χ3n) is 5.12. The molecule has 1 heterocycles. The van der Waals surface area contributed by atoms with Gasteiger partial charge in [-0.3, -0.25) is 19.2 Å². The number of Topliss-reactive ketones (excluding diaryl/α,β-unsaturated/α-hetero) is 1. The van der Waals surface area contributed by atoms with Gasteiger partial charge in [0.25, 0.3) is 5.91 Å². The second-order valence-electron chi connectivity index (χ2n) is 7.72. The number of alkyl carbamates (subject to hydrolysis) is 1. The van der Waals surface area contributed by atoms with Crippen molar-refractivity contribution in [3.05, 3.63) is 71.3 Å². The fourth-order valence-corrected chi connectivity index (χ4v) is 3.46. The van der Waals surface area contributed by atoms with E-state index in [9.17, 15) is 24.0 Å². The smallest absolute Gasteiger partial charge is 0.408 e. The molecule has 0 radical (unpaired) electrons. The number of carbonyl (C=O) groups excluding carboxylic acids is 4. The van der Waals surface area contributed by atoms with Crippen LogP contribution in [0.1, 0.15) is 34.3 Å². The highest BCUT2D eigenvalue weighted by molar-refractivity contribution is 5.97. The Morgan fingerprint density at radius 1 is 1.03 bits per heavy atom. The van der Waals surface area contributed by atoms with Crippen LogP contribution in [0.2, 0.25) is 0 Å². The monoisotopic (exact) mass is 468 g/mol. The van der Waals surface area contributed by atoms with Gasteiger partial charge in [-0.1, -0.05) is 48.5 Å². The largest absolute Gasteiger partial charge is 0.481 e. The molecule has 1 aliphatic heterocycles. The lowest BCUT2D eigenvalue weighted by atomic mass is 9.94. The summed E-state index contributed by atoms with van der Waals surface area (Å²) in [6.45, 7) is -0.793. The fourth-order valence-electron chi connectivity index (χ4n) is 3.46. The number of carboxylic acid groups (broad SMARTS) is 1. The fraction of sp³-hybridized carbons (Fsp3) is 0.292. The molecule has 0 fully saturated rings. The SMILES string of the molecule is O=C(O)CC(NC(=O)OCc1ccccc1)C(=O)COC(=O)CC1Cc2ccccc2C(=O)N1. The molecule has 10 nitrogen and oxygen atoms in total. The number of fused-ring (bicyclic) bond motifs is 1. The van der Waals surface area contributed by atoms with Crippen molar-refractivity contribution in [3.63, 3.8) is 0 Å². The van der Waals surface area contributed by atoms with Gasteiger partial charge in [-0.25, -0.2) is 4.79 Å². The number of ether oxygens (including phenoxy) is 2. The van der Waals surface area contributed by atoms with Crippen molar-refractivity contribution < 1.29 is 38.6 Å². The average molecular weight is 468 g/mol. The number of benzene rings is 2. The van der Waals surface area contributed by atoms with Crippen LogP contribution in [0.4, 0.5) is 4.79 Å². The van der Waals surface area contributed by atoms with E-state index < -0.39 is 48.9 Å². The van der Waals surface area contributed by atoms with Crippen LogP contribution in [0.3, 0.4) is 0 Å². The van der Waals surface area contributed by atoms with Crippen molar-refractivity contribution in [2.45, 2.75) is 38.0 Å². The van der Waals surface area contributed by atoms with E-state index in [4.69, 9.17) is 14.6 Å². The minimum atomic E-state index is -1.44. The molecule has 2 amide bonds. The molecule has 0 spiro atoms. The molecule has 2 atom stereocenters. The molecule has 10 heteroatoms. The summed E-state index contributed by atoms with van der Waals surface area (Å²) in [7, 11) is 0. The number of hydrogen-bond acceptors (Lipinski definition) is 7. The molecule has 2 aromatic rings. The number of carboxylic acids is 1. The predicted octanol–water partition coefficient (Wildman–Crippen LogP) is 1.61. The van der Waals surface area contributed by atoms with Gasteiger partial charge in [-0.2, -0.15) is 0 Å². The second kappa shape index (κ2) is 11.6. The molecule has 34 heavy (non-hydrogen) atoms. The van der Waals surface area contributed by atoms with E-state index in [-0.39, 0.29) is 18.9 Å². The van der Waals surface area contributed by atoms with E-state index in [1.54, 1.807) is 54.6 Å². The minimum Gasteiger partial charge on any atom is -0.481 e. The van der Waals surface area contributed by atoms with Gasteiger partial charge in [0.15, 0.2) is 12.4 Å². The van der Waals surface area contributed by atoms with Crippen LogP contribution in [0.25, 0.3) is 0 Å². The van der Waals surface area contributed by atoms with E-state index in [0.717, 1.165) is 5.56 Å². The van der Waals surface area contributed by atoms with Crippen molar-refractivity contribution in [1.29, 1.82) is 0 Å². The van der Waals surface area contributed by atoms with Crippen LogP contribution in [-0.4, -0.2) is 53.5 Å². The van der Waals surface area contributed by atoms with Gasteiger partial charge in [0.2, 0.25) is 0 Å². The first-order valence-electron chi connectivity index (χ1n) is 10.6. The maximum Gasteiger partial charge on any atom is 0.408 e. The van der Waals surface area contributed by atoms with E-state index in [1.807, 2.05) is 0 Å². The first-order valence-corrected chi connectivity index (χ1v) is 10.6. The summed E-state index contributed by atoms with van der Waals surface area (Å²) < 4.78 is 9.99. The zero-order chi connectivity index (χ0) is 24.5. The molecule has 0 saturated heterocycles. The standard InChI is InChI=1S/C24H24N2O8/c27-20(19(12-21(28)29)26-24(32)34-13-15-6-2-1-3-7-15)14-33-22(30)11-17-10-16-8-4-5-9-18(16)23(31)25-17/h1-9,17,19H,10-14H2,(H,25,31)(H,26,32)(H,28,29). The highest BCUT2D eigenvalue weighted by atomic mass is 16.5. The molecular weight excluding hydrogens is 444 g/mol. The number of esters is 1. The number of rotatable bonds is 10. The van der Waals surface area contributed by atoms with Gasteiger partial charge in [0.05, 0.1) is 12.8 Å². The average Bonchev–Trinajstić information content (AvgIpc) is 2.81. The molecule has 3 rings (SSSR count). The highest BCUT2D eigenvalue weighted by Gasteiger charge is 2.28. The Labute approximate surface area is 195 Å². The Balaban J connectivity index is 1.48. The van der Waals surface area contributed by atoms with Crippen LogP contribution in [0, 0.1) is 0 Å². The summed E-state index contributed by atoms with van der Waals surface area (Å²) in [5.74, 6) is -3.16. The Kier molecular flexibility index (Phi) is 8.33. The first-order chi connectivity index (χ1) is 16.3. The molecule has 2 aromatic carbocycles. The Hall–Kier alpha value is -4.21. The van der Waals surface area contributed by atoms with E-state index in [0.29, 0.717) is 17.5 Å². The zero-order valence-electron chi connectivity index (χ0n) is 18.2. The quantitative estimate of drug-likeness (QED) is 0.446. The normalized spacial score (nSPS) is 15.3. The second-order valence-corrected chi connectivity index (χ2v) is 7.72. The lowest BCUT2D eigenvalue weighted by Crippen LogP contribution is -2.45. The summed E-state index contributed by atoms with van der Waals surface area (Å²) in [4.78, 5) is 59.9. The zero-order valence-corrected chi connectivity index (χ0v) is 18.2. The van der Waals surface area contributed by atoms with Gasteiger partial charge in [-0.15, -0.1) is 0 Å². The Morgan fingerprint density at radius 3 is 2.47 bits per heavy atom. The first kappa shape index (κ1) is 24.4. The third kappa shape index (κ3) is 7.16. The third-order valence-corrected chi connectivity index (χ3v) is 5.12. The van der Waals surface area contributed by atoms with Crippen molar-refractivity contribution in [2.24, 2.45) is 0 Å². The number of nitrogens with one attached hydrogen (secondary N) is 2. The summed E-state index contributed by atoms with van der Waals surface area (Å²) in [5.41, 5.74) is 2.06. The number of ketones is 1. The molecule has 0 saturated carbocycles. The van der Waals surface area contributed by atoms with Crippen LogP contribution in [-0.2, 0) is 36.9 Å². The van der Waals surface area contributed by atoms with Gasteiger partial charge in [0, 0.05) is 11.6 Å². The predicted molar refractivity (Wildman–Crippen MR) is 118 cm³/mol. The molecule has 3 N–H and O–H groups in total. The van der Waals surface area contributed by atoms with E-state index in [2.05, 4.69) is 10.6 Å². The van der Waals surface area contributed by atoms with E-state index >= 15 is 0 Å². The van der Waals surface area contributed by atoms with Crippen molar-refractivity contribution in [3.8, 4) is 0 Å². The topological polar surface area (TPSA) is 148 Å². The Bertz CT molecular complexity index is 1070.